The van der Waals surface area contributed by atoms with E-state index in [0.29, 0.717) is 5.69 Å². The lowest BCUT2D eigenvalue weighted by Crippen LogP contribution is -2.48. The van der Waals surface area contributed by atoms with Crippen LogP contribution in [0.1, 0.15) is 13.8 Å². The minimum absolute atomic E-state index is 0.112. The number of carboxylic acids is 1. The number of aliphatic carboxylic acids is 1. The minimum atomic E-state index is -1.12. The number of likely N-dealkylation sites (N-methyl/N-ethyl adjacent to an activating group) is 1. The van der Waals surface area contributed by atoms with Crippen molar-refractivity contribution >= 4 is 34.9 Å². The molecule has 1 aromatic rings. The fourth-order valence-electron chi connectivity index (χ4n) is 1.02. The summed E-state index contributed by atoms with van der Waals surface area (Å²) in [6, 6.07) is 1.47. The Bertz CT molecular complexity index is 423. The average Bonchev–Trinajstić information content (AvgIpc) is 2.20. The molecule has 1 N–H and O–H groups in total. The van der Waals surface area contributed by atoms with E-state index in [0.717, 1.165) is 0 Å². The zero-order chi connectivity index (χ0) is 12.5. The predicted octanol–water partition coefficient (Wildman–Crippen LogP) is 2.08. The SMILES string of the molecule is CN(c1cc(Cl)nnc1Cl)C(C)(C)C(=O)O. The summed E-state index contributed by atoms with van der Waals surface area (Å²) in [6.07, 6.45) is 0. The molecule has 0 saturated heterocycles. The van der Waals surface area contributed by atoms with Crippen molar-refractivity contribution in [2.45, 2.75) is 19.4 Å². The molecule has 7 heteroatoms. The highest BCUT2D eigenvalue weighted by Crippen LogP contribution is 2.29. The molecule has 0 amide bonds. The van der Waals surface area contributed by atoms with Gasteiger partial charge in [0, 0.05) is 13.1 Å². The van der Waals surface area contributed by atoms with E-state index in [4.69, 9.17) is 28.3 Å². The molecule has 0 aliphatic heterocycles. The summed E-state index contributed by atoms with van der Waals surface area (Å²) in [7, 11) is 1.60. The lowest BCUT2D eigenvalue weighted by Gasteiger charge is -2.33. The van der Waals surface area contributed by atoms with Crippen LogP contribution in [-0.4, -0.2) is 33.9 Å². The molecule has 0 saturated carbocycles. The van der Waals surface area contributed by atoms with Gasteiger partial charge < -0.3 is 10.0 Å². The van der Waals surface area contributed by atoms with Gasteiger partial charge in [0.25, 0.3) is 0 Å². The molecule has 5 nitrogen and oxygen atoms in total. The Hall–Kier alpha value is -1.07. The van der Waals surface area contributed by atoms with Crippen LogP contribution in [-0.2, 0) is 4.79 Å². The largest absolute Gasteiger partial charge is 0.480 e. The highest BCUT2D eigenvalue weighted by Gasteiger charge is 2.33. The van der Waals surface area contributed by atoms with Gasteiger partial charge in [0.15, 0.2) is 10.3 Å². The Labute approximate surface area is 103 Å². The van der Waals surface area contributed by atoms with E-state index in [1.165, 1.54) is 11.0 Å². The zero-order valence-corrected chi connectivity index (χ0v) is 10.5. The molecule has 1 heterocycles. The fourth-order valence-corrected chi connectivity index (χ4v) is 1.38. The molecule has 0 spiro atoms. The number of carboxylic acid groups (broad SMARTS) is 1. The van der Waals surface area contributed by atoms with Gasteiger partial charge in [-0.05, 0) is 13.8 Å². The Morgan fingerprint density at radius 2 is 2.00 bits per heavy atom. The fraction of sp³-hybridized carbons (Fsp3) is 0.444. The molecule has 0 atom stereocenters. The van der Waals surface area contributed by atoms with Crippen molar-refractivity contribution < 1.29 is 9.90 Å². The molecule has 0 radical (unpaired) electrons. The van der Waals surface area contributed by atoms with Crippen molar-refractivity contribution in [1.29, 1.82) is 0 Å². The van der Waals surface area contributed by atoms with Gasteiger partial charge in [0.1, 0.15) is 5.54 Å². The molecule has 88 valence electrons. The first-order chi connectivity index (χ1) is 7.26. The summed E-state index contributed by atoms with van der Waals surface area (Å²) in [5, 5.41) is 16.5. The van der Waals surface area contributed by atoms with E-state index in [9.17, 15) is 4.79 Å². The first-order valence-corrected chi connectivity index (χ1v) is 5.18. The number of hydrogen-bond acceptors (Lipinski definition) is 4. The molecule has 0 aliphatic carbocycles. The maximum Gasteiger partial charge on any atom is 0.328 e. The third kappa shape index (κ3) is 2.36. The lowest BCUT2D eigenvalue weighted by molar-refractivity contribution is -0.142. The molecule has 0 aromatic carbocycles. The van der Waals surface area contributed by atoms with Gasteiger partial charge in [0.2, 0.25) is 0 Å². The highest BCUT2D eigenvalue weighted by molar-refractivity contribution is 6.33. The summed E-state index contributed by atoms with van der Waals surface area (Å²) < 4.78 is 0. The Balaban J connectivity index is 3.19. The van der Waals surface area contributed by atoms with Gasteiger partial charge in [-0.3, -0.25) is 0 Å². The van der Waals surface area contributed by atoms with Crippen molar-refractivity contribution in [3.8, 4) is 0 Å². The molecule has 1 rings (SSSR count). The Morgan fingerprint density at radius 3 is 2.50 bits per heavy atom. The molecule has 0 bridgehead atoms. The zero-order valence-electron chi connectivity index (χ0n) is 9.03. The monoisotopic (exact) mass is 263 g/mol. The van der Waals surface area contributed by atoms with Crippen molar-refractivity contribution in [3.63, 3.8) is 0 Å². The van der Waals surface area contributed by atoms with Crippen LogP contribution in [0.2, 0.25) is 10.3 Å². The Morgan fingerprint density at radius 1 is 1.44 bits per heavy atom. The minimum Gasteiger partial charge on any atom is -0.480 e. The molecule has 16 heavy (non-hydrogen) atoms. The van der Waals surface area contributed by atoms with Gasteiger partial charge in [-0.2, -0.15) is 0 Å². The summed E-state index contributed by atoms with van der Waals surface area (Å²) in [5.41, 5.74) is -0.690. The smallest absolute Gasteiger partial charge is 0.328 e. The summed E-state index contributed by atoms with van der Waals surface area (Å²) in [5.74, 6) is -0.973. The topological polar surface area (TPSA) is 66.3 Å². The van der Waals surface area contributed by atoms with Crippen LogP contribution >= 0.6 is 23.2 Å². The second kappa shape index (κ2) is 4.43. The van der Waals surface area contributed by atoms with Crippen LogP contribution in [0.5, 0.6) is 0 Å². The van der Waals surface area contributed by atoms with Crippen LogP contribution in [0.15, 0.2) is 6.07 Å². The predicted molar refractivity (Wildman–Crippen MR) is 62.2 cm³/mol. The van der Waals surface area contributed by atoms with Crippen LogP contribution in [0.3, 0.4) is 0 Å². The summed E-state index contributed by atoms with van der Waals surface area (Å²) >= 11 is 11.5. The number of aromatic nitrogens is 2. The van der Waals surface area contributed by atoms with Crippen LogP contribution < -0.4 is 4.90 Å². The molecule has 0 aliphatic rings. The van der Waals surface area contributed by atoms with Gasteiger partial charge in [-0.25, -0.2) is 4.79 Å². The third-order valence-electron chi connectivity index (χ3n) is 2.42. The summed E-state index contributed by atoms with van der Waals surface area (Å²) in [6.45, 7) is 3.11. The van der Waals surface area contributed by atoms with Crippen LogP contribution in [0.25, 0.3) is 0 Å². The number of hydrogen-bond donors (Lipinski definition) is 1. The second-order valence-electron chi connectivity index (χ2n) is 3.77. The van der Waals surface area contributed by atoms with Gasteiger partial charge in [-0.1, -0.05) is 23.2 Å². The molecular weight excluding hydrogens is 253 g/mol. The van der Waals surface area contributed by atoms with E-state index in [1.54, 1.807) is 20.9 Å². The molecule has 0 unspecified atom stereocenters. The quantitative estimate of drug-likeness (QED) is 0.905. The second-order valence-corrected chi connectivity index (χ2v) is 4.51. The normalized spacial score (nSPS) is 11.3. The maximum absolute atomic E-state index is 11.1. The van der Waals surface area contributed by atoms with E-state index in [-0.39, 0.29) is 10.3 Å². The van der Waals surface area contributed by atoms with Crippen LogP contribution in [0, 0.1) is 0 Å². The Kier molecular flexibility index (Phi) is 3.60. The standard InChI is InChI=1S/C9H11Cl2N3O2/c1-9(2,8(15)16)14(3)5-4-6(10)12-13-7(5)11/h4H,1-3H3,(H,15,16). The van der Waals surface area contributed by atoms with E-state index >= 15 is 0 Å². The third-order valence-corrected chi connectivity index (χ3v) is 2.88. The van der Waals surface area contributed by atoms with Crippen molar-refractivity contribution in [2.75, 3.05) is 11.9 Å². The number of rotatable bonds is 3. The first kappa shape index (κ1) is 13.0. The number of anilines is 1. The van der Waals surface area contributed by atoms with Gasteiger partial charge in [-0.15, -0.1) is 10.2 Å². The molecular formula is C9H11Cl2N3O2. The van der Waals surface area contributed by atoms with Gasteiger partial charge >= 0.3 is 5.97 Å². The summed E-state index contributed by atoms with van der Waals surface area (Å²) in [4.78, 5) is 12.6. The number of carbonyl (C=O) groups is 1. The number of nitrogens with zero attached hydrogens (tertiary/aromatic N) is 3. The van der Waals surface area contributed by atoms with Crippen molar-refractivity contribution in [3.05, 3.63) is 16.4 Å². The molecule has 1 aromatic heterocycles. The van der Waals surface area contributed by atoms with Crippen molar-refractivity contribution in [2.24, 2.45) is 0 Å². The maximum atomic E-state index is 11.1. The van der Waals surface area contributed by atoms with E-state index < -0.39 is 11.5 Å². The van der Waals surface area contributed by atoms with Gasteiger partial charge in [0.05, 0.1) is 5.69 Å². The van der Waals surface area contributed by atoms with Crippen LogP contribution in [0.4, 0.5) is 5.69 Å². The van der Waals surface area contributed by atoms with E-state index in [2.05, 4.69) is 10.2 Å². The number of halogens is 2. The lowest BCUT2D eigenvalue weighted by atomic mass is 10.0. The van der Waals surface area contributed by atoms with Crippen molar-refractivity contribution in [1.82, 2.24) is 10.2 Å². The molecule has 0 fully saturated rings. The highest BCUT2D eigenvalue weighted by atomic mass is 35.5. The average molecular weight is 264 g/mol. The van der Waals surface area contributed by atoms with E-state index in [1.807, 2.05) is 0 Å². The first-order valence-electron chi connectivity index (χ1n) is 4.42.